The number of ether oxygens (including phenoxy) is 8. The van der Waals surface area contributed by atoms with Crippen LogP contribution < -0.4 is 0 Å². The van der Waals surface area contributed by atoms with Gasteiger partial charge in [0.2, 0.25) is 0 Å². The van der Waals surface area contributed by atoms with Gasteiger partial charge in [-0.3, -0.25) is 0 Å². The van der Waals surface area contributed by atoms with Crippen molar-refractivity contribution in [3.63, 3.8) is 0 Å². The van der Waals surface area contributed by atoms with Crippen molar-refractivity contribution in [2.45, 2.75) is 65.2 Å². The van der Waals surface area contributed by atoms with Crippen molar-refractivity contribution >= 4 is 0 Å². The number of hydrogen-bond acceptors (Lipinski definition) is 8. The van der Waals surface area contributed by atoms with Gasteiger partial charge < -0.3 is 37.9 Å². The lowest BCUT2D eigenvalue weighted by Crippen LogP contribution is -2.15. The highest BCUT2D eigenvalue weighted by molar-refractivity contribution is 4.43. The van der Waals surface area contributed by atoms with E-state index in [4.69, 9.17) is 37.9 Å². The average molecular weight is 495 g/mol. The zero-order valence-electron chi connectivity index (χ0n) is 22.2. The van der Waals surface area contributed by atoms with Crippen LogP contribution in [0.2, 0.25) is 0 Å². The van der Waals surface area contributed by atoms with Crippen LogP contribution in [0.3, 0.4) is 0 Å². The lowest BCUT2D eigenvalue weighted by atomic mass is 10.1. The van der Waals surface area contributed by atoms with E-state index in [1.807, 2.05) is 0 Å². The van der Waals surface area contributed by atoms with Crippen LogP contribution in [0.1, 0.15) is 65.2 Å². The highest BCUT2D eigenvalue weighted by atomic mass is 16.6. The van der Waals surface area contributed by atoms with Gasteiger partial charge in [-0.2, -0.15) is 0 Å². The van der Waals surface area contributed by atoms with Crippen molar-refractivity contribution in [2.24, 2.45) is 0 Å². The molecule has 0 heterocycles. The molecule has 206 valence electrons. The topological polar surface area (TPSA) is 73.8 Å². The van der Waals surface area contributed by atoms with E-state index in [1.54, 1.807) is 0 Å². The van der Waals surface area contributed by atoms with E-state index >= 15 is 0 Å². The van der Waals surface area contributed by atoms with Gasteiger partial charge in [-0.15, -0.1) is 0 Å². The fourth-order valence-corrected chi connectivity index (χ4v) is 2.87. The van der Waals surface area contributed by atoms with E-state index in [0.29, 0.717) is 92.5 Å². The van der Waals surface area contributed by atoms with Crippen LogP contribution in [-0.2, 0) is 37.9 Å². The largest absolute Gasteiger partial charge is 0.379 e. The summed E-state index contributed by atoms with van der Waals surface area (Å²) in [5.74, 6) is 0. The maximum atomic E-state index is 5.57. The Kier molecular flexibility index (Phi) is 32.4. The van der Waals surface area contributed by atoms with Crippen LogP contribution in [0.15, 0.2) is 0 Å². The molecule has 0 unspecified atom stereocenters. The van der Waals surface area contributed by atoms with Crippen molar-refractivity contribution < 1.29 is 37.9 Å². The molecule has 0 aromatic heterocycles. The third kappa shape index (κ3) is 31.7. The zero-order valence-corrected chi connectivity index (χ0v) is 22.2. The lowest BCUT2D eigenvalue weighted by Gasteiger charge is -2.08. The van der Waals surface area contributed by atoms with Crippen LogP contribution >= 0.6 is 0 Å². The summed E-state index contributed by atoms with van der Waals surface area (Å²) < 4.78 is 43.8. The summed E-state index contributed by atoms with van der Waals surface area (Å²) >= 11 is 0. The third-order valence-electron chi connectivity index (χ3n) is 4.89. The molecule has 0 spiro atoms. The molecule has 0 N–H and O–H groups in total. The Labute approximate surface area is 209 Å². The maximum absolute atomic E-state index is 5.57. The van der Waals surface area contributed by atoms with E-state index in [1.165, 1.54) is 32.1 Å². The minimum Gasteiger partial charge on any atom is -0.379 e. The summed E-state index contributed by atoms with van der Waals surface area (Å²) in [4.78, 5) is 0. The Hall–Kier alpha value is -0.320. The minimum absolute atomic E-state index is 0.552. The van der Waals surface area contributed by atoms with Gasteiger partial charge in [0.1, 0.15) is 0 Å². The van der Waals surface area contributed by atoms with E-state index in [0.717, 1.165) is 32.5 Å². The number of unbranched alkanes of at least 4 members (excludes halogenated alkanes) is 6. The van der Waals surface area contributed by atoms with Gasteiger partial charge in [0.05, 0.1) is 92.5 Å². The molecular formula is C26H54O8. The minimum atomic E-state index is 0.552. The fraction of sp³-hybridized carbons (Fsp3) is 1.00. The first-order valence-electron chi connectivity index (χ1n) is 13.5. The first-order valence-corrected chi connectivity index (χ1v) is 13.5. The van der Waals surface area contributed by atoms with Crippen molar-refractivity contribution in [3.8, 4) is 0 Å². The summed E-state index contributed by atoms with van der Waals surface area (Å²) in [5.41, 5.74) is 0. The summed E-state index contributed by atoms with van der Waals surface area (Å²) in [6.45, 7) is 14.2. The smallest absolute Gasteiger partial charge is 0.0701 e. The van der Waals surface area contributed by atoms with Crippen molar-refractivity contribution in [2.75, 3.05) is 106 Å². The zero-order chi connectivity index (χ0) is 24.6. The molecule has 0 rings (SSSR count). The van der Waals surface area contributed by atoms with Crippen molar-refractivity contribution in [3.05, 3.63) is 0 Å². The Bertz CT molecular complexity index is 315. The fourth-order valence-electron chi connectivity index (χ4n) is 2.87. The molecule has 8 heteroatoms. The SMILES string of the molecule is CCCCCCCCOCCOCCOCCOCCOCCOCCOCCOCCCC. The first kappa shape index (κ1) is 33.7. The molecular weight excluding hydrogens is 440 g/mol. The first-order chi connectivity index (χ1) is 16.9. The summed E-state index contributed by atoms with van der Waals surface area (Å²) in [7, 11) is 0. The number of rotatable bonds is 31. The van der Waals surface area contributed by atoms with Gasteiger partial charge in [-0.25, -0.2) is 0 Å². The maximum Gasteiger partial charge on any atom is 0.0701 e. The molecule has 0 aromatic carbocycles. The molecule has 0 aliphatic rings. The Morgan fingerprint density at radius 1 is 0.235 bits per heavy atom. The van der Waals surface area contributed by atoms with Gasteiger partial charge in [0, 0.05) is 13.2 Å². The molecule has 34 heavy (non-hydrogen) atoms. The standard InChI is InChI=1S/C26H54O8/c1-3-5-7-8-9-10-12-28-14-16-30-18-20-32-22-24-34-26-25-33-23-21-31-19-17-29-15-13-27-11-6-4-2/h3-26H2,1-2H3. The molecule has 0 bridgehead atoms. The third-order valence-corrected chi connectivity index (χ3v) is 4.89. The molecule has 0 amide bonds. The predicted octanol–water partition coefficient (Wildman–Crippen LogP) is 4.28. The van der Waals surface area contributed by atoms with Gasteiger partial charge in [-0.1, -0.05) is 52.4 Å². The average Bonchev–Trinajstić information content (AvgIpc) is 2.85. The molecule has 0 saturated carbocycles. The second kappa shape index (κ2) is 32.7. The van der Waals surface area contributed by atoms with Gasteiger partial charge in [0.25, 0.3) is 0 Å². The van der Waals surface area contributed by atoms with Crippen LogP contribution in [-0.4, -0.2) is 106 Å². The van der Waals surface area contributed by atoms with E-state index in [-0.39, 0.29) is 0 Å². The van der Waals surface area contributed by atoms with Crippen LogP contribution in [0.5, 0.6) is 0 Å². The van der Waals surface area contributed by atoms with E-state index in [9.17, 15) is 0 Å². The molecule has 0 saturated heterocycles. The second-order valence-corrected chi connectivity index (χ2v) is 8.02. The predicted molar refractivity (Wildman–Crippen MR) is 135 cm³/mol. The molecule has 0 aromatic rings. The van der Waals surface area contributed by atoms with Gasteiger partial charge in [-0.05, 0) is 12.8 Å². The molecule has 0 radical (unpaired) electrons. The summed E-state index contributed by atoms with van der Waals surface area (Å²) in [5, 5.41) is 0. The highest BCUT2D eigenvalue weighted by Crippen LogP contribution is 2.04. The quantitative estimate of drug-likeness (QED) is 0.132. The van der Waals surface area contributed by atoms with Crippen LogP contribution in [0.4, 0.5) is 0 Å². The number of hydrogen-bond donors (Lipinski definition) is 0. The molecule has 0 aliphatic heterocycles. The normalized spacial score (nSPS) is 11.5. The molecule has 8 nitrogen and oxygen atoms in total. The second-order valence-electron chi connectivity index (χ2n) is 8.02. The lowest BCUT2D eigenvalue weighted by molar-refractivity contribution is -0.0232. The van der Waals surface area contributed by atoms with Crippen LogP contribution in [0, 0.1) is 0 Å². The van der Waals surface area contributed by atoms with Gasteiger partial charge >= 0.3 is 0 Å². The Morgan fingerprint density at radius 2 is 0.471 bits per heavy atom. The Balaban J connectivity index is 2.99. The monoisotopic (exact) mass is 494 g/mol. The molecule has 0 fully saturated rings. The van der Waals surface area contributed by atoms with E-state index < -0.39 is 0 Å². The summed E-state index contributed by atoms with van der Waals surface area (Å²) in [6.07, 6.45) is 9.99. The summed E-state index contributed by atoms with van der Waals surface area (Å²) in [6, 6.07) is 0. The Morgan fingerprint density at radius 3 is 0.794 bits per heavy atom. The molecule has 0 aliphatic carbocycles. The van der Waals surface area contributed by atoms with Gasteiger partial charge in [0.15, 0.2) is 0 Å². The highest BCUT2D eigenvalue weighted by Gasteiger charge is 1.95. The van der Waals surface area contributed by atoms with Crippen LogP contribution in [0.25, 0.3) is 0 Å². The van der Waals surface area contributed by atoms with E-state index in [2.05, 4.69) is 13.8 Å². The van der Waals surface area contributed by atoms with Crippen molar-refractivity contribution in [1.29, 1.82) is 0 Å². The molecule has 0 atom stereocenters. The van der Waals surface area contributed by atoms with Crippen molar-refractivity contribution in [1.82, 2.24) is 0 Å².